The fourth-order valence-electron chi connectivity index (χ4n) is 2.83. The Balaban J connectivity index is 1.74. The van der Waals surface area contributed by atoms with E-state index >= 15 is 0 Å². The van der Waals surface area contributed by atoms with Gasteiger partial charge < -0.3 is 14.2 Å². The normalized spacial score (nSPS) is 14.6. The Hall–Kier alpha value is -3.08. The van der Waals surface area contributed by atoms with Gasteiger partial charge in [0.25, 0.3) is 0 Å². The van der Waals surface area contributed by atoms with E-state index in [2.05, 4.69) is 32.9 Å². The lowest BCUT2D eigenvalue weighted by atomic mass is 9.86. The second-order valence-electron chi connectivity index (χ2n) is 7.56. The smallest absolute Gasteiger partial charge is 0.344 e. The molecule has 146 valence electrons. The van der Waals surface area contributed by atoms with Gasteiger partial charge in [-0.05, 0) is 41.7 Å². The summed E-state index contributed by atoms with van der Waals surface area (Å²) < 4.78 is 16.0. The highest BCUT2D eigenvalue weighted by Gasteiger charge is 2.28. The number of ether oxygens (including phenoxy) is 3. The molecule has 5 nitrogen and oxygen atoms in total. The number of rotatable bonds is 5. The number of hydrogen-bond donors (Lipinski definition) is 0. The Morgan fingerprint density at radius 1 is 1.11 bits per heavy atom. The van der Waals surface area contributed by atoms with Crippen LogP contribution in [0.5, 0.6) is 11.5 Å². The SMILES string of the molecule is CCOC(=O)COc1ccc2c(c1)OC(=Cc1ccc(C(C)(C)C)cc1)C2=O. The Morgan fingerprint density at radius 3 is 2.46 bits per heavy atom. The molecular formula is C23H24O5. The van der Waals surface area contributed by atoms with E-state index in [-0.39, 0.29) is 23.6 Å². The molecule has 0 bridgehead atoms. The lowest BCUT2D eigenvalue weighted by Crippen LogP contribution is -2.14. The van der Waals surface area contributed by atoms with Crippen LogP contribution in [-0.2, 0) is 14.9 Å². The number of fused-ring (bicyclic) bond motifs is 1. The highest BCUT2D eigenvalue weighted by Crippen LogP contribution is 2.35. The predicted molar refractivity (Wildman–Crippen MR) is 107 cm³/mol. The summed E-state index contributed by atoms with van der Waals surface area (Å²) >= 11 is 0. The van der Waals surface area contributed by atoms with Gasteiger partial charge in [0.2, 0.25) is 5.78 Å². The zero-order valence-corrected chi connectivity index (χ0v) is 16.6. The van der Waals surface area contributed by atoms with Crippen molar-refractivity contribution in [3.63, 3.8) is 0 Å². The number of allylic oxidation sites excluding steroid dienone is 1. The van der Waals surface area contributed by atoms with Crippen molar-refractivity contribution in [1.82, 2.24) is 0 Å². The van der Waals surface area contributed by atoms with Crippen molar-refractivity contribution in [3.05, 3.63) is 64.9 Å². The lowest BCUT2D eigenvalue weighted by molar-refractivity contribution is -0.145. The van der Waals surface area contributed by atoms with Crippen molar-refractivity contribution < 1.29 is 23.8 Å². The van der Waals surface area contributed by atoms with Gasteiger partial charge in [-0.2, -0.15) is 0 Å². The Kier molecular flexibility index (Phi) is 5.54. The van der Waals surface area contributed by atoms with Gasteiger partial charge in [0.05, 0.1) is 12.2 Å². The third-order valence-corrected chi connectivity index (χ3v) is 4.38. The maximum Gasteiger partial charge on any atom is 0.344 e. The van der Waals surface area contributed by atoms with E-state index in [4.69, 9.17) is 14.2 Å². The number of esters is 1. The summed E-state index contributed by atoms with van der Waals surface area (Å²) in [6, 6.07) is 12.9. The van der Waals surface area contributed by atoms with Gasteiger partial charge in [-0.1, -0.05) is 45.0 Å². The Bertz CT molecular complexity index is 917. The second kappa shape index (κ2) is 7.89. The molecule has 5 heteroatoms. The highest BCUT2D eigenvalue weighted by molar-refractivity contribution is 6.14. The molecule has 0 N–H and O–H groups in total. The summed E-state index contributed by atoms with van der Waals surface area (Å²) in [6.07, 6.45) is 1.73. The molecule has 1 heterocycles. The van der Waals surface area contributed by atoms with E-state index in [0.717, 1.165) is 5.56 Å². The van der Waals surface area contributed by atoms with Crippen molar-refractivity contribution in [2.75, 3.05) is 13.2 Å². The van der Waals surface area contributed by atoms with Crippen molar-refractivity contribution in [1.29, 1.82) is 0 Å². The summed E-state index contributed by atoms with van der Waals surface area (Å²) in [5.41, 5.74) is 2.66. The van der Waals surface area contributed by atoms with E-state index in [1.165, 1.54) is 5.56 Å². The van der Waals surface area contributed by atoms with Crippen LogP contribution in [0.4, 0.5) is 0 Å². The highest BCUT2D eigenvalue weighted by atomic mass is 16.6. The zero-order chi connectivity index (χ0) is 20.3. The molecule has 0 unspecified atom stereocenters. The summed E-state index contributed by atoms with van der Waals surface area (Å²) in [6.45, 7) is 8.31. The predicted octanol–water partition coefficient (Wildman–Crippen LogP) is 4.54. The molecule has 0 aliphatic carbocycles. The zero-order valence-electron chi connectivity index (χ0n) is 16.6. The van der Waals surface area contributed by atoms with Crippen LogP contribution >= 0.6 is 0 Å². The fourth-order valence-corrected chi connectivity index (χ4v) is 2.83. The largest absolute Gasteiger partial charge is 0.482 e. The van der Waals surface area contributed by atoms with E-state index in [1.54, 1.807) is 31.2 Å². The number of Topliss-reactive ketones (excluding diaryl/α,β-unsaturated/α-hetero) is 1. The average Bonchev–Trinajstić information content (AvgIpc) is 2.95. The Morgan fingerprint density at radius 2 is 1.82 bits per heavy atom. The van der Waals surface area contributed by atoms with Crippen LogP contribution in [0.25, 0.3) is 6.08 Å². The van der Waals surface area contributed by atoms with Crippen LogP contribution in [0.1, 0.15) is 49.2 Å². The van der Waals surface area contributed by atoms with Gasteiger partial charge >= 0.3 is 5.97 Å². The molecule has 0 saturated carbocycles. The number of benzene rings is 2. The summed E-state index contributed by atoms with van der Waals surface area (Å²) in [7, 11) is 0. The summed E-state index contributed by atoms with van der Waals surface area (Å²) in [5.74, 6) is 0.506. The van der Waals surface area contributed by atoms with Gasteiger partial charge in [-0.25, -0.2) is 4.79 Å². The standard InChI is InChI=1S/C23H24O5/c1-5-26-21(24)14-27-17-10-11-18-19(13-17)28-20(22(18)25)12-15-6-8-16(9-7-15)23(2,3)4/h6-13H,5,14H2,1-4H3. The van der Waals surface area contributed by atoms with Gasteiger partial charge in [0.1, 0.15) is 11.5 Å². The van der Waals surface area contributed by atoms with Crippen LogP contribution in [0.15, 0.2) is 48.2 Å². The first kappa shape index (κ1) is 19.7. The maximum atomic E-state index is 12.6. The van der Waals surface area contributed by atoms with Gasteiger partial charge in [-0.15, -0.1) is 0 Å². The maximum absolute atomic E-state index is 12.6. The molecule has 0 atom stereocenters. The quantitative estimate of drug-likeness (QED) is 0.563. The molecule has 0 amide bonds. The minimum absolute atomic E-state index is 0.0710. The van der Waals surface area contributed by atoms with E-state index in [0.29, 0.717) is 23.7 Å². The first-order valence-corrected chi connectivity index (χ1v) is 9.25. The van der Waals surface area contributed by atoms with Crippen LogP contribution in [-0.4, -0.2) is 25.0 Å². The molecule has 0 aromatic heterocycles. The molecule has 0 radical (unpaired) electrons. The molecular weight excluding hydrogens is 356 g/mol. The molecule has 1 aliphatic rings. The van der Waals surface area contributed by atoms with Crippen LogP contribution in [0, 0.1) is 0 Å². The topological polar surface area (TPSA) is 61.8 Å². The van der Waals surface area contributed by atoms with E-state index < -0.39 is 5.97 Å². The minimum atomic E-state index is -0.445. The van der Waals surface area contributed by atoms with Gasteiger partial charge in [-0.3, -0.25) is 4.79 Å². The number of carbonyl (C=O) groups excluding carboxylic acids is 2. The minimum Gasteiger partial charge on any atom is -0.482 e. The second-order valence-corrected chi connectivity index (χ2v) is 7.56. The molecule has 0 saturated heterocycles. The monoisotopic (exact) mass is 380 g/mol. The molecule has 1 aliphatic heterocycles. The van der Waals surface area contributed by atoms with Crippen LogP contribution in [0.3, 0.4) is 0 Å². The summed E-state index contributed by atoms with van der Waals surface area (Å²) in [4.78, 5) is 24.0. The molecule has 2 aromatic carbocycles. The fraction of sp³-hybridized carbons (Fsp3) is 0.304. The van der Waals surface area contributed by atoms with E-state index in [1.807, 2.05) is 12.1 Å². The third-order valence-electron chi connectivity index (χ3n) is 4.38. The number of hydrogen-bond acceptors (Lipinski definition) is 5. The molecule has 3 rings (SSSR count). The molecule has 28 heavy (non-hydrogen) atoms. The molecule has 0 spiro atoms. The van der Waals surface area contributed by atoms with Crippen molar-refractivity contribution >= 4 is 17.8 Å². The first-order valence-electron chi connectivity index (χ1n) is 9.25. The lowest BCUT2D eigenvalue weighted by Gasteiger charge is -2.18. The van der Waals surface area contributed by atoms with Crippen molar-refractivity contribution in [2.24, 2.45) is 0 Å². The molecule has 2 aromatic rings. The average molecular weight is 380 g/mol. The Labute approximate surface area is 164 Å². The van der Waals surface area contributed by atoms with E-state index in [9.17, 15) is 9.59 Å². The number of ketones is 1. The first-order chi connectivity index (χ1) is 13.3. The van der Waals surface area contributed by atoms with Crippen molar-refractivity contribution in [3.8, 4) is 11.5 Å². The van der Waals surface area contributed by atoms with Crippen LogP contribution in [0.2, 0.25) is 0 Å². The van der Waals surface area contributed by atoms with Crippen LogP contribution < -0.4 is 9.47 Å². The summed E-state index contributed by atoms with van der Waals surface area (Å²) in [5, 5.41) is 0. The van der Waals surface area contributed by atoms with Gasteiger partial charge in [0.15, 0.2) is 12.4 Å². The third kappa shape index (κ3) is 4.42. The van der Waals surface area contributed by atoms with Gasteiger partial charge in [0, 0.05) is 6.07 Å². The van der Waals surface area contributed by atoms with Crippen molar-refractivity contribution in [2.45, 2.75) is 33.1 Å². The number of carbonyl (C=O) groups is 2. The molecule has 0 fully saturated rings.